The second kappa shape index (κ2) is 9.59. The van der Waals surface area contributed by atoms with E-state index in [1.807, 2.05) is 11.9 Å². The van der Waals surface area contributed by atoms with Crippen LogP contribution in [0.15, 0.2) is 18.2 Å². The molecule has 2 rings (SSSR count). The number of nitrogens with one attached hydrogen (secondary N) is 1. The molecule has 134 valence electrons. The zero-order valence-corrected chi connectivity index (χ0v) is 14.8. The molecule has 0 radical (unpaired) electrons. The van der Waals surface area contributed by atoms with E-state index in [1.54, 1.807) is 0 Å². The van der Waals surface area contributed by atoms with Crippen LogP contribution in [0.5, 0.6) is 5.75 Å². The number of hydrogen-bond donors (Lipinski definition) is 1. The van der Waals surface area contributed by atoms with Crippen molar-refractivity contribution in [2.24, 2.45) is 5.92 Å². The number of nitrogens with zero attached hydrogens (tertiary/aromatic N) is 1. The first kappa shape index (κ1) is 20.4. The maximum absolute atomic E-state index is 13.6. The van der Waals surface area contributed by atoms with E-state index in [-0.39, 0.29) is 48.3 Å². The van der Waals surface area contributed by atoms with Gasteiger partial charge in [-0.3, -0.25) is 9.59 Å². The fraction of sp³-hybridized carbons (Fsp3) is 0.529. The summed E-state index contributed by atoms with van der Waals surface area (Å²) in [5, 5.41) is 3.12. The number of benzene rings is 1. The monoisotopic (exact) mass is 358 g/mol. The van der Waals surface area contributed by atoms with Crippen LogP contribution in [0.25, 0.3) is 0 Å². The molecule has 1 aromatic carbocycles. The van der Waals surface area contributed by atoms with Crippen molar-refractivity contribution in [3.8, 4) is 5.75 Å². The van der Waals surface area contributed by atoms with Crippen LogP contribution in [0.1, 0.15) is 29.6 Å². The maximum Gasteiger partial charge on any atom is 0.223 e. The molecule has 1 unspecified atom stereocenters. The summed E-state index contributed by atoms with van der Waals surface area (Å²) >= 11 is 0. The molecule has 1 heterocycles. The van der Waals surface area contributed by atoms with E-state index in [1.165, 1.54) is 19.2 Å². The average Bonchev–Trinajstić information content (AvgIpc) is 3.01. The molecule has 7 heteroatoms. The summed E-state index contributed by atoms with van der Waals surface area (Å²) in [6, 6.07) is 4.10. The normalized spacial score (nSPS) is 16.6. The Morgan fingerprint density at radius 1 is 1.38 bits per heavy atom. The van der Waals surface area contributed by atoms with E-state index in [9.17, 15) is 14.0 Å². The minimum atomic E-state index is -0.570. The van der Waals surface area contributed by atoms with E-state index in [2.05, 4.69) is 5.32 Å². The van der Waals surface area contributed by atoms with Crippen LogP contribution in [-0.4, -0.2) is 50.4 Å². The van der Waals surface area contributed by atoms with Crippen molar-refractivity contribution < 1.29 is 18.7 Å². The summed E-state index contributed by atoms with van der Waals surface area (Å²) in [6.07, 6.45) is 1.25. The minimum Gasteiger partial charge on any atom is -0.494 e. The third-order valence-electron chi connectivity index (χ3n) is 4.17. The summed E-state index contributed by atoms with van der Waals surface area (Å²) < 4.78 is 18.4. The molecule has 0 aromatic heterocycles. The van der Waals surface area contributed by atoms with Gasteiger partial charge in [-0.15, -0.1) is 12.4 Å². The lowest BCUT2D eigenvalue weighted by atomic mass is 10.1. The molecule has 0 spiro atoms. The Hall–Kier alpha value is -1.66. The smallest absolute Gasteiger partial charge is 0.223 e. The van der Waals surface area contributed by atoms with Gasteiger partial charge in [0.25, 0.3) is 0 Å². The highest BCUT2D eigenvalue weighted by atomic mass is 35.5. The third kappa shape index (κ3) is 5.18. The van der Waals surface area contributed by atoms with Crippen LogP contribution < -0.4 is 10.1 Å². The van der Waals surface area contributed by atoms with Crippen LogP contribution in [0.3, 0.4) is 0 Å². The first-order valence-electron chi connectivity index (χ1n) is 7.84. The van der Waals surface area contributed by atoms with E-state index < -0.39 is 5.82 Å². The molecule has 1 aliphatic rings. The van der Waals surface area contributed by atoms with Gasteiger partial charge < -0.3 is 15.0 Å². The number of carbonyl (C=O) groups excluding carboxylic acids is 2. The molecule has 0 aliphatic carbocycles. The predicted octanol–water partition coefficient (Wildman–Crippen LogP) is 2.29. The van der Waals surface area contributed by atoms with Gasteiger partial charge in [0.2, 0.25) is 5.91 Å². The Kier molecular flexibility index (Phi) is 8.15. The van der Waals surface area contributed by atoms with Crippen LogP contribution in [0.2, 0.25) is 0 Å². The number of hydrogen-bond acceptors (Lipinski definition) is 4. The number of Topliss-reactive ketones (excluding diaryl/α,β-unsaturated/α-hetero) is 1. The van der Waals surface area contributed by atoms with Gasteiger partial charge in [0.1, 0.15) is 0 Å². The number of carbonyl (C=O) groups is 2. The maximum atomic E-state index is 13.6. The highest BCUT2D eigenvalue weighted by Crippen LogP contribution is 2.20. The first-order valence-corrected chi connectivity index (χ1v) is 7.84. The number of halogens is 2. The lowest BCUT2D eigenvalue weighted by Gasteiger charge is -2.16. The number of ketones is 1. The summed E-state index contributed by atoms with van der Waals surface area (Å²) in [6.45, 7) is 2.38. The first-order chi connectivity index (χ1) is 11.0. The standard InChI is InChI=1S/C17H23FN2O3.ClH/c1-19-10-12-7-8-20(11-12)17(22)6-4-15(21)13-3-5-16(23-2)14(18)9-13;/h3,5,9,12,19H,4,6-8,10-11H2,1-2H3;1H. The van der Waals surface area contributed by atoms with Gasteiger partial charge >= 0.3 is 0 Å². The van der Waals surface area contributed by atoms with Gasteiger partial charge in [-0.05, 0) is 44.1 Å². The number of amides is 1. The molecule has 1 N–H and O–H groups in total. The molecule has 1 atom stereocenters. The van der Waals surface area contributed by atoms with Gasteiger partial charge in [0.05, 0.1) is 7.11 Å². The van der Waals surface area contributed by atoms with Crippen molar-refractivity contribution in [1.82, 2.24) is 10.2 Å². The zero-order valence-electron chi connectivity index (χ0n) is 14.0. The molecule has 24 heavy (non-hydrogen) atoms. The predicted molar refractivity (Wildman–Crippen MR) is 92.4 cm³/mol. The van der Waals surface area contributed by atoms with Gasteiger partial charge in [0.15, 0.2) is 17.3 Å². The van der Waals surface area contributed by atoms with Crippen LogP contribution >= 0.6 is 12.4 Å². The topological polar surface area (TPSA) is 58.6 Å². The van der Waals surface area contributed by atoms with Crippen molar-refractivity contribution in [3.05, 3.63) is 29.6 Å². The van der Waals surface area contributed by atoms with E-state index in [0.29, 0.717) is 5.92 Å². The minimum absolute atomic E-state index is 0. The molecule has 1 aromatic rings. The second-order valence-corrected chi connectivity index (χ2v) is 5.82. The molecule has 1 fully saturated rings. The summed E-state index contributed by atoms with van der Waals surface area (Å²) in [4.78, 5) is 26.1. The molecular formula is C17H24ClFN2O3. The van der Waals surface area contributed by atoms with E-state index in [0.717, 1.165) is 32.1 Å². The highest BCUT2D eigenvalue weighted by Gasteiger charge is 2.25. The Balaban J connectivity index is 0.00000288. The van der Waals surface area contributed by atoms with Gasteiger partial charge in [-0.2, -0.15) is 0 Å². The van der Waals surface area contributed by atoms with Crippen LogP contribution in [0.4, 0.5) is 4.39 Å². The lowest BCUT2D eigenvalue weighted by molar-refractivity contribution is -0.130. The third-order valence-corrected chi connectivity index (χ3v) is 4.17. The summed E-state index contributed by atoms with van der Waals surface area (Å²) in [7, 11) is 3.27. The molecule has 1 amide bonds. The van der Waals surface area contributed by atoms with E-state index >= 15 is 0 Å². The van der Waals surface area contributed by atoms with E-state index in [4.69, 9.17) is 4.74 Å². The average molecular weight is 359 g/mol. The Morgan fingerprint density at radius 2 is 2.12 bits per heavy atom. The number of methoxy groups -OCH3 is 1. The Labute approximate surface area is 148 Å². The van der Waals surface area contributed by atoms with Crippen molar-refractivity contribution in [3.63, 3.8) is 0 Å². The largest absolute Gasteiger partial charge is 0.494 e. The van der Waals surface area contributed by atoms with Crippen molar-refractivity contribution in [2.45, 2.75) is 19.3 Å². The molecule has 5 nitrogen and oxygen atoms in total. The quantitative estimate of drug-likeness (QED) is 0.760. The molecular weight excluding hydrogens is 335 g/mol. The molecule has 1 saturated heterocycles. The fourth-order valence-electron chi connectivity index (χ4n) is 2.88. The van der Waals surface area contributed by atoms with Crippen molar-refractivity contribution in [2.75, 3.05) is 33.8 Å². The molecule has 0 bridgehead atoms. The SMILES string of the molecule is CNCC1CCN(C(=O)CCC(=O)c2ccc(OC)c(F)c2)C1.Cl. The van der Waals surface area contributed by atoms with Gasteiger partial charge in [0, 0.05) is 31.5 Å². The second-order valence-electron chi connectivity index (χ2n) is 5.82. The summed E-state index contributed by atoms with van der Waals surface area (Å²) in [5.41, 5.74) is 0.269. The highest BCUT2D eigenvalue weighted by molar-refractivity contribution is 5.98. The van der Waals surface area contributed by atoms with Crippen LogP contribution in [0, 0.1) is 11.7 Å². The molecule has 1 aliphatic heterocycles. The van der Waals surface area contributed by atoms with Crippen LogP contribution in [-0.2, 0) is 4.79 Å². The summed E-state index contributed by atoms with van der Waals surface area (Å²) in [5.74, 6) is -0.225. The Bertz CT molecular complexity index is 583. The van der Waals surface area contributed by atoms with Gasteiger partial charge in [-0.1, -0.05) is 0 Å². The fourth-order valence-corrected chi connectivity index (χ4v) is 2.88. The van der Waals surface area contributed by atoms with Crippen molar-refractivity contribution in [1.29, 1.82) is 0 Å². The number of ether oxygens (including phenoxy) is 1. The number of rotatable bonds is 7. The zero-order chi connectivity index (χ0) is 16.8. The molecule has 0 saturated carbocycles. The lowest BCUT2D eigenvalue weighted by Crippen LogP contribution is -2.30. The van der Waals surface area contributed by atoms with Crippen molar-refractivity contribution >= 4 is 24.1 Å². The van der Waals surface area contributed by atoms with Gasteiger partial charge in [-0.25, -0.2) is 4.39 Å². The Morgan fingerprint density at radius 3 is 2.75 bits per heavy atom. The number of likely N-dealkylation sites (tertiary alicyclic amines) is 1.